The standard InChI is InChI=1S/C27H19ClN2O6/c28-18-11-9-16(10-12-18)24-23(26(35)27(36)30(24)20-7-2-1-3-8-20)25(34)17-5-4-6-19(15-17)29-21(31)13-14-22(32)33/h1-15,24,35H,(H,29,31)(H,32,33)/b14-13-. The van der Waals surface area contributed by atoms with Crippen LogP contribution in [0.1, 0.15) is 22.0 Å². The maximum Gasteiger partial charge on any atom is 0.328 e. The number of nitrogens with one attached hydrogen (secondary N) is 1. The number of hydrogen-bond donors (Lipinski definition) is 3. The molecule has 0 fully saturated rings. The molecule has 36 heavy (non-hydrogen) atoms. The van der Waals surface area contributed by atoms with Crippen molar-refractivity contribution >= 4 is 46.5 Å². The number of rotatable bonds is 7. The molecule has 4 rings (SSSR count). The van der Waals surface area contributed by atoms with Crippen molar-refractivity contribution < 1.29 is 29.4 Å². The Hall–Kier alpha value is -4.69. The summed E-state index contributed by atoms with van der Waals surface area (Å²) in [5.41, 5.74) is 1.27. The minimum atomic E-state index is -1.28. The van der Waals surface area contributed by atoms with Gasteiger partial charge in [-0.15, -0.1) is 0 Å². The van der Waals surface area contributed by atoms with Gasteiger partial charge in [-0.1, -0.05) is 54.1 Å². The molecular weight excluding hydrogens is 484 g/mol. The fourth-order valence-corrected chi connectivity index (χ4v) is 4.00. The van der Waals surface area contributed by atoms with Crippen LogP contribution in [0.25, 0.3) is 0 Å². The zero-order chi connectivity index (χ0) is 25.8. The first-order chi connectivity index (χ1) is 17.3. The van der Waals surface area contributed by atoms with E-state index in [2.05, 4.69) is 5.32 Å². The van der Waals surface area contributed by atoms with Gasteiger partial charge < -0.3 is 15.5 Å². The van der Waals surface area contributed by atoms with E-state index in [1.165, 1.54) is 29.2 Å². The number of anilines is 2. The minimum absolute atomic E-state index is 0.109. The number of aliphatic carboxylic acids is 1. The number of carbonyl (C=O) groups excluding carboxylic acids is 3. The molecule has 1 aliphatic heterocycles. The largest absolute Gasteiger partial charge is 0.503 e. The lowest BCUT2D eigenvalue weighted by atomic mass is 9.92. The molecule has 3 aromatic rings. The van der Waals surface area contributed by atoms with Crippen LogP contribution in [0.15, 0.2) is 102 Å². The normalized spacial score (nSPS) is 15.4. The summed E-state index contributed by atoms with van der Waals surface area (Å²) in [5.74, 6) is -4.00. The molecule has 0 bridgehead atoms. The van der Waals surface area contributed by atoms with E-state index in [1.807, 2.05) is 0 Å². The molecular formula is C27H19ClN2O6. The Morgan fingerprint density at radius 3 is 2.28 bits per heavy atom. The molecule has 0 spiro atoms. The molecule has 1 atom stereocenters. The van der Waals surface area contributed by atoms with E-state index in [1.54, 1.807) is 54.6 Å². The first-order valence-corrected chi connectivity index (χ1v) is 11.1. The van der Waals surface area contributed by atoms with E-state index in [4.69, 9.17) is 16.7 Å². The van der Waals surface area contributed by atoms with Gasteiger partial charge in [-0.25, -0.2) is 4.79 Å². The third kappa shape index (κ3) is 5.03. The summed E-state index contributed by atoms with van der Waals surface area (Å²) in [4.78, 5) is 50.7. The number of aliphatic hydroxyl groups is 1. The number of para-hydroxylation sites is 1. The van der Waals surface area contributed by atoms with Crippen molar-refractivity contribution in [2.45, 2.75) is 6.04 Å². The van der Waals surface area contributed by atoms with Crippen LogP contribution in [0.4, 0.5) is 11.4 Å². The summed E-state index contributed by atoms with van der Waals surface area (Å²) >= 11 is 6.04. The van der Waals surface area contributed by atoms with Gasteiger partial charge in [0.15, 0.2) is 11.5 Å². The summed E-state index contributed by atoms with van der Waals surface area (Å²) in [6.07, 6.45) is 1.53. The third-order valence-electron chi connectivity index (χ3n) is 5.44. The van der Waals surface area contributed by atoms with Gasteiger partial charge in [0.2, 0.25) is 5.91 Å². The van der Waals surface area contributed by atoms with E-state index in [9.17, 15) is 24.3 Å². The maximum absolute atomic E-state index is 13.7. The quantitative estimate of drug-likeness (QED) is 0.318. The van der Waals surface area contributed by atoms with E-state index >= 15 is 0 Å². The number of nitrogens with zero attached hydrogens (tertiary/aromatic N) is 1. The molecule has 2 amide bonds. The molecule has 0 aromatic heterocycles. The average molecular weight is 503 g/mol. The van der Waals surface area contributed by atoms with Crippen LogP contribution in [0.3, 0.4) is 0 Å². The number of carbonyl (C=O) groups is 4. The zero-order valence-corrected chi connectivity index (χ0v) is 19.3. The van der Waals surface area contributed by atoms with Gasteiger partial charge in [0.05, 0.1) is 11.6 Å². The molecule has 3 aromatic carbocycles. The fourth-order valence-electron chi connectivity index (χ4n) is 3.88. The topological polar surface area (TPSA) is 124 Å². The van der Waals surface area contributed by atoms with Crippen molar-refractivity contribution in [1.29, 1.82) is 0 Å². The SMILES string of the molecule is O=C(O)/C=C\C(=O)Nc1cccc(C(=O)C2=C(O)C(=O)N(c3ccccc3)C2c2ccc(Cl)cc2)c1. The summed E-state index contributed by atoms with van der Waals surface area (Å²) in [7, 11) is 0. The molecule has 1 unspecified atom stereocenters. The summed E-state index contributed by atoms with van der Waals surface area (Å²) in [6, 6.07) is 20.2. The zero-order valence-electron chi connectivity index (χ0n) is 18.6. The van der Waals surface area contributed by atoms with Gasteiger partial charge in [-0.05, 0) is 42.0 Å². The predicted molar refractivity (Wildman–Crippen MR) is 134 cm³/mol. The molecule has 8 nitrogen and oxygen atoms in total. The average Bonchev–Trinajstić information content (AvgIpc) is 3.13. The van der Waals surface area contributed by atoms with Gasteiger partial charge in [0.25, 0.3) is 5.91 Å². The van der Waals surface area contributed by atoms with Crippen molar-refractivity contribution in [3.05, 3.63) is 118 Å². The monoisotopic (exact) mass is 502 g/mol. The molecule has 1 heterocycles. The lowest BCUT2D eigenvalue weighted by Crippen LogP contribution is -2.31. The number of benzene rings is 3. The smallest absolute Gasteiger partial charge is 0.328 e. The van der Waals surface area contributed by atoms with Crippen LogP contribution in [-0.4, -0.2) is 33.8 Å². The second kappa shape index (κ2) is 10.3. The highest BCUT2D eigenvalue weighted by Crippen LogP contribution is 2.42. The molecule has 0 saturated heterocycles. The van der Waals surface area contributed by atoms with Crippen molar-refractivity contribution in [2.24, 2.45) is 0 Å². The Kier molecular flexibility index (Phi) is 6.98. The highest BCUT2D eigenvalue weighted by Gasteiger charge is 2.44. The van der Waals surface area contributed by atoms with Gasteiger partial charge >= 0.3 is 5.97 Å². The lowest BCUT2D eigenvalue weighted by molar-refractivity contribution is -0.131. The van der Waals surface area contributed by atoms with Crippen LogP contribution in [0, 0.1) is 0 Å². The molecule has 9 heteroatoms. The van der Waals surface area contributed by atoms with Crippen molar-refractivity contribution in [2.75, 3.05) is 10.2 Å². The van der Waals surface area contributed by atoms with E-state index < -0.39 is 35.4 Å². The number of aliphatic hydroxyl groups excluding tert-OH is 1. The molecule has 0 saturated carbocycles. The van der Waals surface area contributed by atoms with Crippen LogP contribution in [-0.2, 0) is 14.4 Å². The van der Waals surface area contributed by atoms with Crippen LogP contribution < -0.4 is 10.2 Å². The summed E-state index contributed by atoms with van der Waals surface area (Å²) in [5, 5.41) is 22.5. The fraction of sp³-hybridized carbons (Fsp3) is 0.0370. The molecule has 0 aliphatic carbocycles. The summed E-state index contributed by atoms with van der Waals surface area (Å²) < 4.78 is 0. The second-order valence-electron chi connectivity index (χ2n) is 7.80. The number of amides is 2. The first-order valence-electron chi connectivity index (χ1n) is 10.7. The Bertz CT molecular complexity index is 1410. The van der Waals surface area contributed by atoms with Crippen LogP contribution in [0.5, 0.6) is 0 Å². The Morgan fingerprint density at radius 2 is 1.61 bits per heavy atom. The predicted octanol–water partition coefficient (Wildman–Crippen LogP) is 4.70. The minimum Gasteiger partial charge on any atom is -0.503 e. The molecule has 1 aliphatic rings. The number of hydrogen-bond acceptors (Lipinski definition) is 5. The van der Waals surface area contributed by atoms with E-state index in [0.29, 0.717) is 22.3 Å². The van der Waals surface area contributed by atoms with Gasteiger partial charge in [-0.3, -0.25) is 19.3 Å². The Balaban J connectivity index is 1.74. The maximum atomic E-state index is 13.7. The third-order valence-corrected chi connectivity index (χ3v) is 5.69. The number of halogens is 1. The van der Waals surface area contributed by atoms with Crippen molar-refractivity contribution in [3.8, 4) is 0 Å². The Labute approximate surface area is 210 Å². The van der Waals surface area contributed by atoms with Gasteiger partial charge in [0.1, 0.15) is 0 Å². The lowest BCUT2D eigenvalue weighted by Gasteiger charge is -2.27. The van der Waals surface area contributed by atoms with Gasteiger partial charge in [0, 0.05) is 34.1 Å². The summed E-state index contributed by atoms with van der Waals surface area (Å²) in [6.45, 7) is 0. The second-order valence-corrected chi connectivity index (χ2v) is 8.23. The van der Waals surface area contributed by atoms with Crippen LogP contribution >= 0.6 is 11.6 Å². The van der Waals surface area contributed by atoms with Crippen LogP contribution in [0.2, 0.25) is 5.02 Å². The van der Waals surface area contributed by atoms with E-state index in [0.717, 1.165) is 6.08 Å². The molecule has 3 N–H and O–H groups in total. The van der Waals surface area contributed by atoms with Crippen molar-refractivity contribution in [1.82, 2.24) is 0 Å². The van der Waals surface area contributed by atoms with Crippen molar-refractivity contribution in [3.63, 3.8) is 0 Å². The number of ketones is 1. The highest BCUT2D eigenvalue weighted by molar-refractivity contribution is 6.30. The first kappa shape index (κ1) is 24.4. The number of Topliss-reactive ketones (excluding diaryl/α,β-unsaturated/α-hetero) is 1. The highest BCUT2D eigenvalue weighted by atomic mass is 35.5. The Morgan fingerprint density at radius 1 is 0.917 bits per heavy atom. The number of carboxylic acid groups (broad SMARTS) is 1. The molecule has 0 radical (unpaired) electrons. The molecule has 180 valence electrons. The van der Waals surface area contributed by atoms with E-state index in [-0.39, 0.29) is 16.8 Å². The number of carboxylic acids is 1. The van der Waals surface area contributed by atoms with Gasteiger partial charge in [-0.2, -0.15) is 0 Å².